The van der Waals surface area contributed by atoms with Crippen LogP contribution in [0.15, 0.2) is 12.3 Å². The molecule has 0 aliphatic carbocycles. The van der Waals surface area contributed by atoms with Crippen molar-refractivity contribution in [3.63, 3.8) is 0 Å². The van der Waals surface area contributed by atoms with Crippen LogP contribution in [0.4, 0.5) is 5.82 Å². The van der Waals surface area contributed by atoms with E-state index in [0.29, 0.717) is 23.5 Å². The average Bonchev–Trinajstić information content (AvgIpc) is 2.72. The monoisotopic (exact) mass is 268 g/mol. The minimum atomic E-state index is 0.453. The molecule has 0 bridgehead atoms. The second-order valence-corrected chi connectivity index (χ2v) is 5.66. The number of rotatable bonds is 3. The summed E-state index contributed by atoms with van der Waals surface area (Å²) in [4.78, 5) is 9.01. The molecule has 0 spiro atoms. The van der Waals surface area contributed by atoms with E-state index < -0.39 is 0 Å². The van der Waals surface area contributed by atoms with E-state index in [4.69, 9.17) is 17.3 Å². The summed E-state index contributed by atoms with van der Waals surface area (Å²) in [5.41, 5.74) is 6.64. The molecule has 1 saturated heterocycles. The summed E-state index contributed by atoms with van der Waals surface area (Å²) in [6.45, 7) is 4.77. The van der Waals surface area contributed by atoms with Gasteiger partial charge in [0.25, 0.3) is 0 Å². The van der Waals surface area contributed by atoms with E-state index in [0.717, 1.165) is 24.5 Å². The van der Waals surface area contributed by atoms with Gasteiger partial charge in [0, 0.05) is 31.9 Å². The molecule has 0 aromatic carbocycles. The Labute approximate surface area is 114 Å². The number of hydrogen-bond donors (Lipinski definition) is 1. The molecule has 2 heterocycles. The first-order valence-electron chi connectivity index (χ1n) is 6.28. The molecule has 2 unspecified atom stereocenters. The van der Waals surface area contributed by atoms with Gasteiger partial charge in [-0.05, 0) is 31.6 Å². The fourth-order valence-electron chi connectivity index (χ4n) is 2.61. The maximum atomic E-state index is 6.04. The summed E-state index contributed by atoms with van der Waals surface area (Å²) in [7, 11) is 4.26. The molecule has 18 heavy (non-hydrogen) atoms. The van der Waals surface area contributed by atoms with Crippen molar-refractivity contribution in [2.24, 2.45) is 11.7 Å². The van der Waals surface area contributed by atoms with Gasteiger partial charge in [-0.15, -0.1) is 0 Å². The van der Waals surface area contributed by atoms with Crippen LogP contribution in [0, 0.1) is 5.92 Å². The Balaban J connectivity index is 2.18. The smallest absolute Gasteiger partial charge is 0.128 e. The van der Waals surface area contributed by atoms with Gasteiger partial charge < -0.3 is 15.5 Å². The van der Waals surface area contributed by atoms with Gasteiger partial charge in [-0.25, -0.2) is 4.98 Å². The number of anilines is 1. The second kappa shape index (κ2) is 5.43. The third kappa shape index (κ3) is 2.60. The predicted octanol–water partition coefficient (Wildman–Crippen LogP) is 1.58. The average molecular weight is 269 g/mol. The van der Waals surface area contributed by atoms with Crippen molar-refractivity contribution in [2.75, 3.05) is 32.1 Å². The molecule has 1 aliphatic rings. The molecule has 1 aliphatic heterocycles. The van der Waals surface area contributed by atoms with Gasteiger partial charge in [0.1, 0.15) is 5.82 Å². The molecule has 0 amide bonds. The number of nitrogens with zero attached hydrogens (tertiary/aromatic N) is 3. The summed E-state index contributed by atoms with van der Waals surface area (Å²) < 4.78 is 0. The van der Waals surface area contributed by atoms with Crippen LogP contribution in [0.2, 0.25) is 5.02 Å². The molecule has 2 N–H and O–H groups in total. The number of pyridine rings is 1. The van der Waals surface area contributed by atoms with Crippen LogP contribution in [0.1, 0.15) is 12.5 Å². The van der Waals surface area contributed by atoms with Gasteiger partial charge in [-0.3, -0.25) is 0 Å². The van der Waals surface area contributed by atoms with E-state index in [1.54, 1.807) is 6.20 Å². The van der Waals surface area contributed by atoms with Crippen LogP contribution in [-0.2, 0) is 6.54 Å². The lowest BCUT2D eigenvalue weighted by atomic mass is 10.1. The lowest BCUT2D eigenvalue weighted by Crippen LogP contribution is -2.34. The highest BCUT2D eigenvalue weighted by Crippen LogP contribution is 2.27. The first-order chi connectivity index (χ1) is 8.52. The van der Waals surface area contributed by atoms with Crippen molar-refractivity contribution >= 4 is 17.4 Å². The van der Waals surface area contributed by atoms with Crippen molar-refractivity contribution < 1.29 is 0 Å². The largest absolute Gasteiger partial charge is 0.355 e. The predicted molar refractivity (Wildman–Crippen MR) is 76.0 cm³/mol. The highest BCUT2D eigenvalue weighted by molar-refractivity contribution is 6.31. The summed E-state index contributed by atoms with van der Waals surface area (Å²) in [5.74, 6) is 1.62. The topological polar surface area (TPSA) is 45.4 Å². The summed E-state index contributed by atoms with van der Waals surface area (Å²) >= 11 is 6.04. The van der Waals surface area contributed by atoms with Crippen LogP contribution in [0.25, 0.3) is 0 Å². The SMILES string of the molecule is CC1CN(c2cc(CN)c(Cl)cn2)CC1N(C)C. The highest BCUT2D eigenvalue weighted by Gasteiger charge is 2.31. The summed E-state index contributed by atoms with van der Waals surface area (Å²) in [5, 5.41) is 0.651. The van der Waals surface area contributed by atoms with Crippen LogP contribution in [-0.4, -0.2) is 43.1 Å². The van der Waals surface area contributed by atoms with Gasteiger partial charge in [0.2, 0.25) is 0 Å². The van der Waals surface area contributed by atoms with Crippen LogP contribution in [0.3, 0.4) is 0 Å². The van der Waals surface area contributed by atoms with Crippen molar-refractivity contribution in [1.29, 1.82) is 0 Å². The minimum absolute atomic E-state index is 0.453. The van der Waals surface area contributed by atoms with Crippen molar-refractivity contribution in [1.82, 2.24) is 9.88 Å². The third-order valence-electron chi connectivity index (χ3n) is 3.70. The van der Waals surface area contributed by atoms with Gasteiger partial charge in [0.05, 0.1) is 5.02 Å². The number of hydrogen-bond acceptors (Lipinski definition) is 4. The molecule has 2 rings (SSSR count). The van der Waals surface area contributed by atoms with E-state index in [9.17, 15) is 0 Å². The Morgan fingerprint density at radius 3 is 2.78 bits per heavy atom. The number of aromatic nitrogens is 1. The van der Waals surface area contributed by atoms with E-state index in [1.165, 1.54) is 0 Å². The maximum Gasteiger partial charge on any atom is 0.128 e. The zero-order chi connectivity index (χ0) is 13.3. The third-order valence-corrected chi connectivity index (χ3v) is 4.04. The molecule has 2 atom stereocenters. The van der Waals surface area contributed by atoms with E-state index >= 15 is 0 Å². The fourth-order valence-corrected chi connectivity index (χ4v) is 2.79. The fraction of sp³-hybridized carbons (Fsp3) is 0.615. The standard InChI is InChI=1S/C13H21ClN4/c1-9-7-18(8-12(9)17(2)3)13-4-10(5-15)11(14)6-16-13/h4,6,9,12H,5,7-8,15H2,1-3H3. The molecule has 100 valence electrons. The van der Waals surface area contributed by atoms with Crippen molar-refractivity contribution in [2.45, 2.75) is 19.5 Å². The normalized spacial score (nSPS) is 24.0. The second-order valence-electron chi connectivity index (χ2n) is 5.25. The zero-order valence-electron chi connectivity index (χ0n) is 11.2. The number of halogens is 1. The Kier molecular flexibility index (Phi) is 4.10. The van der Waals surface area contributed by atoms with E-state index in [-0.39, 0.29) is 0 Å². The van der Waals surface area contributed by atoms with Gasteiger partial charge in [-0.2, -0.15) is 0 Å². The van der Waals surface area contributed by atoms with Gasteiger partial charge in [-0.1, -0.05) is 18.5 Å². The molecule has 4 nitrogen and oxygen atoms in total. The van der Waals surface area contributed by atoms with E-state index in [2.05, 4.69) is 35.8 Å². The molecule has 0 radical (unpaired) electrons. The van der Waals surface area contributed by atoms with Gasteiger partial charge in [0.15, 0.2) is 0 Å². The van der Waals surface area contributed by atoms with Crippen molar-refractivity contribution in [3.05, 3.63) is 22.8 Å². The van der Waals surface area contributed by atoms with Crippen LogP contribution in [0.5, 0.6) is 0 Å². The first kappa shape index (κ1) is 13.6. The Morgan fingerprint density at radius 1 is 1.50 bits per heavy atom. The summed E-state index contributed by atoms with van der Waals surface area (Å²) in [6, 6.07) is 2.58. The molecule has 1 fully saturated rings. The van der Waals surface area contributed by atoms with Gasteiger partial charge >= 0.3 is 0 Å². The summed E-state index contributed by atoms with van der Waals surface area (Å²) in [6.07, 6.45) is 1.70. The van der Waals surface area contributed by atoms with E-state index in [1.807, 2.05) is 6.07 Å². The van der Waals surface area contributed by atoms with Crippen molar-refractivity contribution in [3.8, 4) is 0 Å². The zero-order valence-corrected chi connectivity index (χ0v) is 12.0. The Bertz CT molecular complexity index is 421. The Hall–Kier alpha value is -0.840. The molecule has 1 aromatic heterocycles. The molecule has 0 saturated carbocycles. The molecular formula is C13H21ClN4. The lowest BCUT2D eigenvalue weighted by Gasteiger charge is -2.22. The Morgan fingerprint density at radius 2 is 2.22 bits per heavy atom. The highest BCUT2D eigenvalue weighted by atomic mass is 35.5. The lowest BCUT2D eigenvalue weighted by molar-refractivity contribution is 0.266. The van der Waals surface area contributed by atoms with Crippen LogP contribution < -0.4 is 10.6 Å². The molecule has 5 heteroatoms. The number of nitrogens with two attached hydrogens (primary N) is 1. The number of likely N-dealkylation sites (N-methyl/N-ethyl adjacent to an activating group) is 1. The first-order valence-corrected chi connectivity index (χ1v) is 6.66. The molecular weight excluding hydrogens is 248 g/mol. The molecule has 1 aromatic rings. The minimum Gasteiger partial charge on any atom is -0.355 e. The maximum absolute atomic E-state index is 6.04. The van der Waals surface area contributed by atoms with Crippen LogP contribution >= 0.6 is 11.6 Å². The quantitative estimate of drug-likeness (QED) is 0.904.